The number of hydrogen-bond donors (Lipinski definition) is 1. The summed E-state index contributed by atoms with van der Waals surface area (Å²) >= 11 is 6.06. The highest BCUT2D eigenvalue weighted by molar-refractivity contribution is 6.30. The number of fused-ring (bicyclic) bond motifs is 1. The van der Waals surface area contributed by atoms with Crippen LogP contribution < -0.4 is 4.74 Å². The van der Waals surface area contributed by atoms with Gasteiger partial charge in [-0.2, -0.15) is 0 Å². The lowest BCUT2D eigenvalue weighted by Crippen LogP contribution is -2.27. The van der Waals surface area contributed by atoms with Crippen molar-refractivity contribution in [3.63, 3.8) is 0 Å². The summed E-state index contributed by atoms with van der Waals surface area (Å²) in [6.07, 6.45) is 2.19. The molecule has 3 rings (SSSR count). The van der Waals surface area contributed by atoms with E-state index >= 15 is 0 Å². The fraction of sp³-hybridized carbons (Fsp3) is 0.368. The second kappa shape index (κ2) is 6.92. The number of hydrogen-bond acceptors (Lipinski definition) is 3. The third-order valence-electron chi connectivity index (χ3n) is 4.65. The summed E-state index contributed by atoms with van der Waals surface area (Å²) < 4.78 is 5.34. The van der Waals surface area contributed by atoms with E-state index in [4.69, 9.17) is 16.3 Å². The molecule has 1 aliphatic rings. The average Bonchev–Trinajstić information content (AvgIpc) is 2.92. The number of H-pyrrole nitrogens is 1. The predicted molar refractivity (Wildman–Crippen MR) is 96.6 cm³/mol. The monoisotopic (exact) mass is 360 g/mol. The number of rotatable bonds is 4. The van der Waals surface area contributed by atoms with Gasteiger partial charge in [0.25, 0.3) is 5.91 Å². The number of amides is 1. The van der Waals surface area contributed by atoms with Crippen LogP contribution in [0.3, 0.4) is 0 Å². The van der Waals surface area contributed by atoms with Gasteiger partial charge in [0.15, 0.2) is 5.78 Å². The Hall–Kier alpha value is -2.27. The molecule has 5 nitrogen and oxygen atoms in total. The molecule has 0 aliphatic heterocycles. The summed E-state index contributed by atoms with van der Waals surface area (Å²) in [7, 11) is 3.31. The first-order valence-electron chi connectivity index (χ1n) is 8.25. The van der Waals surface area contributed by atoms with Gasteiger partial charge in [0.2, 0.25) is 0 Å². The van der Waals surface area contributed by atoms with Gasteiger partial charge in [-0.1, -0.05) is 11.6 Å². The smallest absolute Gasteiger partial charge is 0.270 e. The summed E-state index contributed by atoms with van der Waals surface area (Å²) in [5.74, 6) is 0.650. The molecule has 1 aromatic heterocycles. The van der Waals surface area contributed by atoms with Crippen LogP contribution in [0.4, 0.5) is 0 Å². The second-order valence-corrected chi connectivity index (χ2v) is 6.81. The van der Waals surface area contributed by atoms with Crippen molar-refractivity contribution in [3.8, 4) is 5.75 Å². The molecule has 132 valence electrons. The van der Waals surface area contributed by atoms with E-state index in [1.54, 1.807) is 37.3 Å². The maximum atomic E-state index is 12.9. The van der Waals surface area contributed by atoms with Crippen LogP contribution >= 0.6 is 11.6 Å². The SMILES string of the molecule is COc1ccc(Cl)cc1CN(C)C(=O)c1[nH]c2c(c1C)C(=O)CCC2. The van der Waals surface area contributed by atoms with Crippen molar-refractivity contribution in [2.75, 3.05) is 14.2 Å². The zero-order chi connectivity index (χ0) is 18.1. The fourth-order valence-electron chi connectivity index (χ4n) is 3.38. The molecular formula is C19H21ClN2O3. The molecule has 6 heteroatoms. The molecule has 1 N–H and O–H groups in total. The number of Topliss-reactive ketones (excluding diaryl/α,β-unsaturated/α-hetero) is 1. The molecule has 1 aliphatic carbocycles. The molecule has 1 amide bonds. The van der Waals surface area contributed by atoms with E-state index in [0.29, 0.717) is 35.0 Å². The summed E-state index contributed by atoms with van der Waals surface area (Å²) in [4.78, 5) is 29.8. The summed E-state index contributed by atoms with van der Waals surface area (Å²) in [5, 5.41) is 0.591. The Kier molecular flexibility index (Phi) is 4.86. The molecule has 0 unspecified atom stereocenters. The first-order chi connectivity index (χ1) is 11.9. The number of halogens is 1. The molecule has 0 saturated carbocycles. The van der Waals surface area contributed by atoms with Gasteiger partial charge in [0.05, 0.1) is 7.11 Å². The Morgan fingerprint density at radius 3 is 2.80 bits per heavy atom. The van der Waals surface area contributed by atoms with Gasteiger partial charge in [-0.25, -0.2) is 0 Å². The number of methoxy groups -OCH3 is 1. The number of ether oxygens (including phenoxy) is 1. The predicted octanol–water partition coefficient (Wildman–Crippen LogP) is 3.78. The van der Waals surface area contributed by atoms with E-state index in [0.717, 1.165) is 29.7 Å². The lowest BCUT2D eigenvalue weighted by molar-refractivity contribution is 0.0778. The molecular weight excluding hydrogens is 340 g/mol. The summed E-state index contributed by atoms with van der Waals surface area (Å²) in [6.45, 7) is 2.19. The zero-order valence-corrected chi connectivity index (χ0v) is 15.4. The summed E-state index contributed by atoms with van der Waals surface area (Å²) in [6, 6.07) is 5.33. The minimum Gasteiger partial charge on any atom is -0.496 e. The van der Waals surface area contributed by atoms with Crippen molar-refractivity contribution in [2.24, 2.45) is 0 Å². The molecule has 0 bridgehead atoms. The highest BCUT2D eigenvalue weighted by Gasteiger charge is 2.27. The van der Waals surface area contributed by atoms with Gasteiger partial charge in [-0.05, 0) is 43.5 Å². The molecule has 0 spiro atoms. The lowest BCUT2D eigenvalue weighted by Gasteiger charge is -2.19. The molecule has 0 saturated heterocycles. The van der Waals surface area contributed by atoms with Crippen molar-refractivity contribution in [3.05, 3.63) is 51.3 Å². The minimum absolute atomic E-state index is 0.119. The van der Waals surface area contributed by atoms with Crippen molar-refractivity contribution >= 4 is 23.3 Å². The van der Waals surface area contributed by atoms with E-state index in [9.17, 15) is 9.59 Å². The normalized spacial score (nSPS) is 13.5. The number of carbonyl (C=O) groups excluding carboxylic acids is 2. The third-order valence-corrected chi connectivity index (χ3v) is 4.88. The van der Waals surface area contributed by atoms with Crippen LogP contribution in [0, 0.1) is 6.92 Å². The average molecular weight is 361 g/mol. The molecule has 2 aromatic rings. The minimum atomic E-state index is -0.151. The van der Waals surface area contributed by atoms with Gasteiger partial charge in [-0.15, -0.1) is 0 Å². The standard InChI is InChI=1S/C19H21ClN2O3/c1-11-17-14(5-4-6-15(17)23)21-18(11)19(24)22(2)10-12-9-13(20)7-8-16(12)25-3/h7-9,21H,4-6,10H2,1-3H3. The number of nitrogens with zero attached hydrogens (tertiary/aromatic N) is 1. The van der Waals surface area contributed by atoms with E-state index in [1.165, 1.54) is 0 Å². The molecule has 25 heavy (non-hydrogen) atoms. The fourth-order valence-corrected chi connectivity index (χ4v) is 3.57. The Bertz CT molecular complexity index is 841. The number of aromatic nitrogens is 1. The first-order valence-corrected chi connectivity index (χ1v) is 8.62. The van der Waals surface area contributed by atoms with Crippen LogP contribution in [0.25, 0.3) is 0 Å². The third kappa shape index (κ3) is 3.29. The molecule has 1 aromatic carbocycles. The van der Waals surface area contributed by atoms with E-state index in [-0.39, 0.29) is 11.7 Å². The largest absolute Gasteiger partial charge is 0.496 e. The highest BCUT2D eigenvalue weighted by Crippen LogP contribution is 2.28. The maximum absolute atomic E-state index is 12.9. The number of ketones is 1. The molecule has 1 heterocycles. The number of nitrogens with one attached hydrogen (secondary N) is 1. The van der Waals surface area contributed by atoms with Crippen molar-refractivity contribution in [1.82, 2.24) is 9.88 Å². The van der Waals surface area contributed by atoms with E-state index in [2.05, 4.69) is 4.98 Å². The number of carbonyl (C=O) groups is 2. The highest BCUT2D eigenvalue weighted by atomic mass is 35.5. The van der Waals surface area contributed by atoms with Crippen LogP contribution in [0.2, 0.25) is 5.02 Å². The van der Waals surface area contributed by atoms with Gasteiger partial charge < -0.3 is 14.6 Å². The van der Waals surface area contributed by atoms with Gasteiger partial charge in [0, 0.05) is 41.9 Å². The van der Waals surface area contributed by atoms with Crippen molar-refractivity contribution < 1.29 is 14.3 Å². The first kappa shape index (κ1) is 17.5. The Balaban J connectivity index is 1.87. The van der Waals surface area contributed by atoms with E-state index in [1.807, 2.05) is 6.92 Å². The van der Waals surface area contributed by atoms with Crippen LogP contribution in [0.1, 0.15) is 50.5 Å². The van der Waals surface area contributed by atoms with Crippen LogP contribution in [0.15, 0.2) is 18.2 Å². The van der Waals surface area contributed by atoms with Crippen LogP contribution in [-0.4, -0.2) is 35.7 Å². The van der Waals surface area contributed by atoms with Gasteiger partial charge in [0.1, 0.15) is 11.4 Å². The number of aryl methyl sites for hydroxylation is 1. The number of benzene rings is 1. The molecule has 0 radical (unpaired) electrons. The molecule has 0 fully saturated rings. The number of aromatic amines is 1. The Labute approximate surface area is 151 Å². The van der Waals surface area contributed by atoms with Crippen LogP contribution in [-0.2, 0) is 13.0 Å². The summed E-state index contributed by atoms with van der Waals surface area (Å²) in [5.41, 5.74) is 3.64. The lowest BCUT2D eigenvalue weighted by atomic mass is 9.94. The topological polar surface area (TPSA) is 62.4 Å². The Morgan fingerprint density at radius 2 is 2.12 bits per heavy atom. The second-order valence-electron chi connectivity index (χ2n) is 6.37. The Morgan fingerprint density at radius 1 is 1.36 bits per heavy atom. The van der Waals surface area contributed by atoms with Gasteiger partial charge in [-0.3, -0.25) is 9.59 Å². The quantitative estimate of drug-likeness (QED) is 0.902. The van der Waals surface area contributed by atoms with Crippen molar-refractivity contribution in [2.45, 2.75) is 32.7 Å². The van der Waals surface area contributed by atoms with Gasteiger partial charge >= 0.3 is 0 Å². The zero-order valence-electron chi connectivity index (χ0n) is 14.6. The van der Waals surface area contributed by atoms with Crippen molar-refractivity contribution in [1.29, 1.82) is 0 Å². The van der Waals surface area contributed by atoms with E-state index < -0.39 is 0 Å². The molecule has 0 atom stereocenters. The maximum Gasteiger partial charge on any atom is 0.270 e. The van der Waals surface area contributed by atoms with Crippen LogP contribution in [0.5, 0.6) is 5.75 Å².